The second-order valence-corrected chi connectivity index (χ2v) is 5.96. The molecule has 98 valence electrons. The van der Waals surface area contributed by atoms with Gasteiger partial charge in [0, 0.05) is 11.4 Å². The highest BCUT2D eigenvalue weighted by atomic mass is 32.1. The maximum atomic E-state index is 11.5. The van der Waals surface area contributed by atoms with Crippen LogP contribution in [0, 0.1) is 11.8 Å². The lowest BCUT2D eigenvalue weighted by molar-refractivity contribution is 0.0520. The normalized spacial score (nSPS) is 19.0. The molecule has 3 rings (SSSR count). The summed E-state index contributed by atoms with van der Waals surface area (Å²) >= 11 is 1.50. The van der Waals surface area contributed by atoms with Crippen LogP contribution in [0.3, 0.4) is 0 Å². The van der Waals surface area contributed by atoms with Gasteiger partial charge in [-0.3, -0.25) is 0 Å². The van der Waals surface area contributed by atoms with Crippen LogP contribution in [0.5, 0.6) is 0 Å². The van der Waals surface area contributed by atoms with Crippen LogP contribution in [0.15, 0.2) is 5.38 Å². The number of esters is 1. The van der Waals surface area contributed by atoms with Crippen molar-refractivity contribution in [2.45, 2.75) is 38.6 Å². The van der Waals surface area contributed by atoms with Crippen LogP contribution in [0.2, 0.25) is 0 Å². The van der Waals surface area contributed by atoms with Gasteiger partial charge in [-0.05, 0) is 44.4 Å². The van der Waals surface area contributed by atoms with Crippen LogP contribution in [0.1, 0.15) is 43.1 Å². The Balaban J connectivity index is 1.63. The van der Waals surface area contributed by atoms with Crippen LogP contribution in [0.25, 0.3) is 0 Å². The van der Waals surface area contributed by atoms with E-state index in [-0.39, 0.29) is 5.97 Å². The van der Waals surface area contributed by atoms with Gasteiger partial charge in [0.2, 0.25) is 0 Å². The summed E-state index contributed by atoms with van der Waals surface area (Å²) in [5, 5.41) is 6.16. The largest absolute Gasteiger partial charge is 0.461 e. The van der Waals surface area contributed by atoms with Crippen LogP contribution in [-0.2, 0) is 4.74 Å². The van der Waals surface area contributed by atoms with Gasteiger partial charge in [-0.1, -0.05) is 0 Å². The lowest BCUT2D eigenvalue weighted by Crippen LogP contribution is -2.24. The summed E-state index contributed by atoms with van der Waals surface area (Å²) in [5.41, 5.74) is 0.426. The molecule has 0 aliphatic heterocycles. The van der Waals surface area contributed by atoms with Crippen molar-refractivity contribution in [1.29, 1.82) is 0 Å². The van der Waals surface area contributed by atoms with Gasteiger partial charge >= 0.3 is 5.97 Å². The molecule has 0 bridgehead atoms. The maximum Gasteiger partial charge on any atom is 0.357 e. The predicted octanol–water partition coefficient (Wildman–Crippen LogP) is 2.92. The summed E-state index contributed by atoms with van der Waals surface area (Å²) in [6.07, 6.45) is 5.35. The zero-order chi connectivity index (χ0) is 12.5. The molecule has 1 aromatic heterocycles. The number of hydrogen-bond donors (Lipinski definition) is 1. The van der Waals surface area contributed by atoms with Gasteiger partial charge in [-0.15, -0.1) is 11.3 Å². The van der Waals surface area contributed by atoms with E-state index >= 15 is 0 Å². The third kappa shape index (κ3) is 2.66. The smallest absolute Gasteiger partial charge is 0.357 e. The molecule has 2 aliphatic rings. The Hall–Kier alpha value is -1.10. The summed E-state index contributed by atoms with van der Waals surface area (Å²) < 4.78 is 4.94. The molecule has 0 atom stereocenters. The van der Waals surface area contributed by atoms with E-state index in [0.717, 1.165) is 17.0 Å². The minimum absolute atomic E-state index is 0.323. The third-order valence-electron chi connectivity index (χ3n) is 3.54. The van der Waals surface area contributed by atoms with Gasteiger partial charge in [0.25, 0.3) is 0 Å². The topological polar surface area (TPSA) is 51.2 Å². The first-order valence-corrected chi connectivity index (χ1v) is 7.55. The Labute approximate surface area is 111 Å². The van der Waals surface area contributed by atoms with Gasteiger partial charge in [0.15, 0.2) is 10.8 Å². The molecule has 1 heterocycles. The minimum atomic E-state index is -0.323. The first-order chi connectivity index (χ1) is 8.78. The quantitative estimate of drug-likeness (QED) is 0.804. The summed E-state index contributed by atoms with van der Waals surface area (Å²) in [5.74, 6) is 1.33. The molecule has 5 heteroatoms. The van der Waals surface area contributed by atoms with Gasteiger partial charge in [-0.2, -0.15) is 0 Å². The number of thiazole rings is 1. The monoisotopic (exact) mass is 266 g/mol. The second kappa shape index (κ2) is 4.88. The molecule has 0 amide bonds. The highest BCUT2D eigenvalue weighted by molar-refractivity contribution is 7.13. The number of carbonyl (C=O) groups is 1. The third-order valence-corrected chi connectivity index (χ3v) is 4.31. The number of rotatable bonds is 6. The fourth-order valence-corrected chi connectivity index (χ4v) is 3.04. The first kappa shape index (κ1) is 12.0. The van der Waals surface area contributed by atoms with E-state index in [1.165, 1.54) is 37.0 Å². The zero-order valence-electron chi connectivity index (χ0n) is 10.5. The number of carbonyl (C=O) groups excluding carboxylic acids is 1. The molecule has 2 saturated carbocycles. The Morgan fingerprint density at radius 1 is 1.50 bits per heavy atom. The van der Waals surface area contributed by atoms with E-state index in [9.17, 15) is 4.79 Å². The van der Waals surface area contributed by atoms with Crippen LogP contribution in [-0.4, -0.2) is 23.6 Å². The van der Waals surface area contributed by atoms with Crippen molar-refractivity contribution in [1.82, 2.24) is 4.98 Å². The van der Waals surface area contributed by atoms with Crippen LogP contribution >= 0.6 is 11.3 Å². The van der Waals surface area contributed by atoms with E-state index in [1.807, 2.05) is 0 Å². The molecule has 1 aromatic rings. The van der Waals surface area contributed by atoms with E-state index in [0.29, 0.717) is 18.3 Å². The lowest BCUT2D eigenvalue weighted by Gasteiger charge is -2.16. The molecule has 0 radical (unpaired) electrons. The van der Waals surface area contributed by atoms with Crippen molar-refractivity contribution < 1.29 is 9.53 Å². The number of ether oxygens (including phenoxy) is 1. The molecule has 1 N–H and O–H groups in total. The molecule has 0 spiro atoms. The molecule has 0 aromatic carbocycles. The molecular formula is C13H18N2O2S. The van der Waals surface area contributed by atoms with Gasteiger partial charge in [0.05, 0.1) is 6.61 Å². The van der Waals surface area contributed by atoms with E-state index in [1.54, 1.807) is 12.3 Å². The summed E-state index contributed by atoms with van der Waals surface area (Å²) in [4.78, 5) is 15.9. The Kier molecular flexibility index (Phi) is 3.24. The second-order valence-electron chi connectivity index (χ2n) is 5.10. The van der Waals surface area contributed by atoms with E-state index < -0.39 is 0 Å². The number of aromatic nitrogens is 1. The highest BCUT2D eigenvalue weighted by Crippen LogP contribution is 2.46. The molecular weight excluding hydrogens is 248 g/mol. The van der Waals surface area contributed by atoms with Gasteiger partial charge in [-0.25, -0.2) is 9.78 Å². The Morgan fingerprint density at radius 3 is 2.72 bits per heavy atom. The number of hydrogen-bond acceptors (Lipinski definition) is 5. The van der Waals surface area contributed by atoms with Crippen molar-refractivity contribution in [2.24, 2.45) is 11.8 Å². The zero-order valence-corrected chi connectivity index (χ0v) is 11.3. The van der Waals surface area contributed by atoms with Crippen molar-refractivity contribution in [2.75, 3.05) is 11.9 Å². The summed E-state index contributed by atoms with van der Waals surface area (Å²) in [6.45, 7) is 2.20. The molecule has 4 nitrogen and oxygen atoms in total. The molecule has 2 fully saturated rings. The van der Waals surface area contributed by atoms with Crippen molar-refractivity contribution in [3.63, 3.8) is 0 Å². The van der Waals surface area contributed by atoms with Crippen molar-refractivity contribution >= 4 is 22.4 Å². The number of nitrogens with one attached hydrogen (secondary N) is 1. The molecule has 18 heavy (non-hydrogen) atoms. The highest BCUT2D eigenvalue weighted by Gasteiger charge is 2.41. The Morgan fingerprint density at radius 2 is 2.17 bits per heavy atom. The van der Waals surface area contributed by atoms with Crippen molar-refractivity contribution in [3.8, 4) is 0 Å². The van der Waals surface area contributed by atoms with Crippen LogP contribution in [0.4, 0.5) is 5.13 Å². The summed E-state index contributed by atoms with van der Waals surface area (Å²) in [6, 6.07) is 0.575. The SMILES string of the molecule is CCOC(=O)c1csc(NC(C2CC2)C2CC2)n1. The molecule has 0 saturated heterocycles. The maximum absolute atomic E-state index is 11.5. The van der Waals surface area contributed by atoms with Crippen molar-refractivity contribution in [3.05, 3.63) is 11.1 Å². The van der Waals surface area contributed by atoms with E-state index in [4.69, 9.17) is 4.74 Å². The molecule has 2 aliphatic carbocycles. The Bertz CT molecular complexity index is 426. The van der Waals surface area contributed by atoms with Gasteiger partial charge in [0.1, 0.15) is 0 Å². The fourth-order valence-electron chi connectivity index (χ4n) is 2.31. The standard InChI is InChI=1S/C13H18N2O2S/c1-2-17-12(16)10-7-18-13(14-10)15-11(8-3-4-8)9-5-6-9/h7-9,11H,2-6H2,1H3,(H,14,15). The first-order valence-electron chi connectivity index (χ1n) is 6.67. The minimum Gasteiger partial charge on any atom is -0.461 e. The number of anilines is 1. The van der Waals surface area contributed by atoms with E-state index in [2.05, 4.69) is 10.3 Å². The average Bonchev–Trinajstić information content (AvgIpc) is 3.26. The number of nitrogens with zero attached hydrogens (tertiary/aromatic N) is 1. The average molecular weight is 266 g/mol. The summed E-state index contributed by atoms with van der Waals surface area (Å²) in [7, 11) is 0. The van der Waals surface area contributed by atoms with Gasteiger partial charge < -0.3 is 10.1 Å². The fraction of sp³-hybridized carbons (Fsp3) is 0.692. The predicted molar refractivity (Wildman–Crippen MR) is 70.9 cm³/mol. The van der Waals surface area contributed by atoms with Crippen LogP contribution < -0.4 is 5.32 Å². The lowest BCUT2D eigenvalue weighted by atomic mass is 10.1. The molecule has 0 unspecified atom stereocenters.